The van der Waals surface area contributed by atoms with Gasteiger partial charge in [-0.25, -0.2) is 4.79 Å². The van der Waals surface area contributed by atoms with Crippen LogP contribution in [-0.4, -0.2) is 42.8 Å². The topological polar surface area (TPSA) is 105 Å². The number of benzene rings is 2. The third kappa shape index (κ3) is 4.30. The van der Waals surface area contributed by atoms with Gasteiger partial charge in [-0.15, -0.1) is 0 Å². The fourth-order valence-electron chi connectivity index (χ4n) is 4.08. The Bertz CT molecular complexity index is 928. The van der Waals surface area contributed by atoms with E-state index in [2.05, 4.69) is 34.9 Å². The number of nitrogens with one attached hydrogen (secondary N) is 2. The zero-order valence-corrected chi connectivity index (χ0v) is 16.5. The maximum absolute atomic E-state index is 12.2. The lowest BCUT2D eigenvalue weighted by atomic mass is 9.98. The van der Waals surface area contributed by atoms with Gasteiger partial charge in [-0.2, -0.15) is 0 Å². The summed E-state index contributed by atoms with van der Waals surface area (Å²) in [6, 6.07) is 16.3. The quantitative estimate of drug-likeness (QED) is 0.623. The Balaban J connectivity index is 1.24. The van der Waals surface area contributed by atoms with Crippen LogP contribution >= 0.6 is 0 Å². The number of hydrogen-bond donors (Lipinski definition) is 3. The summed E-state index contributed by atoms with van der Waals surface area (Å²) >= 11 is 0. The molecule has 30 heavy (non-hydrogen) atoms. The highest BCUT2D eigenvalue weighted by atomic mass is 16.5. The molecule has 156 valence electrons. The Morgan fingerprint density at radius 3 is 2.23 bits per heavy atom. The van der Waals surface area contributed by atoms with E-state index in [9.17, 15) is 14.4 Å². The van der Waals surface area contributed by atoms with E-state index in [0.717, 1.165) is 11.1 Å². The molecule has 7 heteroatoms. The summed E-state index contributed by atoms with van der Waals surface area (Å²) in [4.78, 5) is 34.6. The van der Waals surface area contributed by atoms with Crippen molar-refractivity contribution in [2.75, 3.05) is 19.7 Å². The van der Waals surface area contributed by atoms with Crippen LogP contribution in [0.4, 0.5) is 4.79 Å². The van der Waals surface area contributed by atoms with Crippen molar-refractivity contribution in [2.45, 2.75) is 18.8 Å². The molecule has 0 saturated heterocycles. The molecule has 0 spiro atoms. The van der Waals surface area contributed by atoms with E-state index < -0.39 is 12.1 Å². The van der Waals surface area contributed by atoms with Crippen molar-refractivity contribution in [1.29, 1.82) is 0 Å². The number of carbonyl (C=O) groups excluding carboxylic acids is 2. The molecular formula is C23H24N2O5. The first-order chi connectivity index (χ1) is 14.5. The number of aliphatic carboxylic acids is 1. The summed E-state index contributed by atoms with van der Waals surface area (Å²) in [5.41, 5.74) is 4.67. The van der Waals surface area contributed by atoms with Crippen LogP contribution in [-0.2, 0) is 14.3 Å². The van der Waals surface area contributed by atoms with Crippen molar-refractivity contribution in [3.8, 4) is 11.1 Å². The molecule has 2 aliphatic rings. The first-order valence-corrected chi connectivity index (χ1v) is 10.1. The van der Waals surface area contributed by atoms with Crippen LogP contribution in [0.3, 0.4) is 0 Å². The van der Waals surface area contributed by atoms with Crippen molar-refractivity contribution in [2.24, 2.45) is 11.8 Å². The summed E-state index contributed by atoms with van der Waals surface area (Å²) in [7, 11) is 0. The SMILES string of the molecule is O=C(O)CCNC(=O)C1CC1CNC(=O)OCC1c2ccccc2-c2ccccc21. The van der Waals surface area contributed by atoms with Crippen molar-refractivity contribution in [3.05, 3.63) is 59.7 Å². The second kappa shape index (κ2) is 8.57. The number of carbonyl (C=O) groups is 3. The minimum Gasteiger partial charge on any atom is -0.481 e. The molecule has 0 bridgehead atoms. The number of fused-ring (bicyclic) bond motifs is 3. The van der Waals surface area contributed by atoms with Crippen LogP contribution in [0, 0.1) is 11.8 Å². The summed E-state index contributed by atoms with van der Waals surface area (Å²) in [6.45, 7) is 0.745. The van der Waals surface area contributed by atoms with Crippen LogP contribution in [0.15, 0.2) is 48.5 Å². The van der Waals surface area contributed by atoms with Gasteiger partial charge >= 0.3 is 12.1 Å². The molecule has 0 heterocycles. The van der Waals surface area contributed by atoms with Crippen molar-refractivity contribution < 1.29 is 24.2 Å². The standard InChI is InChI=1S/C23H24N2O5/c26-21(27)9-10-24-22(28)19-11-14(19)12-25-23(29)30-13-20-17-7-3-1-5-15(17)16-6-2-4-8-18(16)20/h1-8,14,19-20H,9-13H2,(H,24,28)(H,25,29)(H,26,27). The average Bonchev–Trinajstić information content (AvgIpc) is 3.46. The van der Waals surface area contributed by atoms with E-state index in [-0.39, 0.29) is 43.2 Å². The van der Waals surface area contributed by atoms with Gasteiger partial charge in [-0.1, -0.05) is 48.5 Å². The van der Waals surface area contributed by atoms with Gasteiger partial charge < -0.3 is 20.5 Å². The Morgan fingerprint density at radius 2 is 1.60 bits per heavy atom. The molecule has 2 aromatic rings. The smallest absolute Gasteiger partial charge is 0.407 e. The summed E-state index contributed by atoms with van der Waals surface area (Å²) in [5, 5.41) is 14.0. The van der Waals surface area contributed by atoms with Gasteiger partial charge in [0, 0.05) is 24.9 Å². The lowest BCUT2D eigenvalue weighted by Crippen LogP contribution is -2.31. The number of amides is 2. The number of carboxylic acids is 1. The summed E-state index contributed by atoms with van der Waals surface area (Å²) in [5.74, 6) is -1.20. The number of alkyl carbamates (subject to hydrolysis) is 1. The average molecular weight is 408 g/mol. The summed E-state index contributed by atoms with van der Waals surface area (Å²) < 4.78 is 5.49. The van der Waals surface area contributed by atoms with Crippen molar-refractivity contribution in [3.63, 3.8) is 0 Å². The van der Waals surface area contributed by atoms with E-state index in [0.29, 0.717) is 13.0 Å². The van der Waals surface area contributed by atoms with Crippen molar-refractivity contribution in [1.82, 2.24) is 10.6 Å². The van der Waals surface area contributed by atoms with Crippen LogP contribution in [0.1, 0.15) is 29.9 Å². The molecule has 1 fully saturated rings. The summed E-state index contributed by atoms with van der Waals surface area (Å²) in [6.07, 6.45) is 0.0951. The van der Waals surface area contributed by atoms with Gasteiger partial charge in [0.05, 0.1) is 6.42 Å². The van der Waals surface area contributed by atoms with E-state index in [1.807, 2.05) is 24.3 Å². The third-order valence-electron chi connectivity index (χ3n) is 5.75. The molecule has 2 unspecified atom stereocenters. The minimum atomic E-state index is -0.945. The normalized spacial score (nSPS) is 18.8. The van der Waals surface area contributed by atoms with E-state index in [4.69, 9.17) is 9.84 Å². The molecule has 4 rings (SSSR count). The van der Waals surface area contributed by atoms with Gasteiger partial charge in [-0.3, -0.25) is 9.59 Å². The highest BCUT2D eigenvalue weighted by Gasteiger charge is 2.42. The molecule has 0 aromatic heterocycles. The second-order valence-corrected chi connectivity index (χ2v) is 7.74. The van der Waals surface area contributed by atoms with Crippen LogP contribution in [0.5, 0.6) is 0 Å². The van der Waals surface area contributed by atoms with Crippen LogP contribution in [0.2, 0.25) is 0 Å². The van der Waals surface area contributed by atoms with Crippen molar-refractivity contribution >= 4 is 18.0 Å². The predicted molar refractivity (Wildman–Crippen MR) is 110 cm³/mol. The predicted octanol–water partition coefficient (Wildman–Crippen LogP) is 2.75. The maximum atomic E-state index is 12.2. The zero-order chi connectivity index (χ0) is 21.1. The molecule has 2 aliphatic carbocycles. The Hall–Kier alpha value is -3.35. The molecule has 3 N–H and O–H groups in total. The van der Waals surface area contributed by atoms with E-state index >= 15 is 0 Å². The highest BCUT2D eigenvalue weighted by molar-refractivity contribution is 5.82. The number of ether oxygens (including phenoxy) is 1. The number of hydrogen-bond acceptors (Lipinski definition) is 4. The molecule has 7 nitrogen and oxygen atoms in total. The fourth-order valence-corrected chi connectivity index (χ4v) is 4.08. The third-order valence-corrected chi connectivity index (χ3v) is 5.75. The molecule has 2 aromatic carbocycles. The number of rotatable bonds is 8. The minimum absolute atomic E-state index is 0.0110. The Labute approximate surface area is 174 Å². The van der Waals surface area contributed by atoms with Gasteiger partial charge in [0.1, 0.15) is 6.61 Å². The lowest BCUT2D eigenvalue weighted by Gasteiger charge is -2.14. The van der Waals surface area contributed by atoms with Gasteiger partial charge in [0.25, 0.3) is 0 Å². The Morgan fingerprint density at radius 1 is 0.967 bits per heavy atom. The van der Waals surface area contributed by atoms with Crippen LogP contribution < -0.4 is 10.6 Å². The van der Waals surface area contributed by atoms with E-state index in [1.54, 1.807) is 0 Å². The molecule has 2 atom stereocenters. The Kier molecular flexibility index (Phi) is 5.70. The van der Waals surface area contributed by atoms with Gasteiger partial charge in [-0.05, 0) is 34.6 Å². The van der Waals surface area contributed by atoms with Gasteiger partial charge in [0.15, 0.2) is 0 Å². The first-order valence-electron chi connectivity index (χ1n) is 10.1. The molecule has 2 amide bonds. The van der Waals surface area contributed by atoms with E-state index in [1.165, 1.54) is 11.1 Å². The second-order valence-electron chi connectivity index (χ2n) is 7.74. The monoisotopic (exact) mass is 408 g/mol. The largest absolute Gasteiger partial charge is 0.481 e. The molecule has 0 aliphatic heterocycles. The van der Waals surface area contributed by atoms with Crippen LogP contribution in [0.25, 0.3) is 11.1 Å². The molecule has 0 radical (unpaired) electrons. The maximum Gasteiger partial charge on any atom is 0.407 e. The number of carboxylic acid groups (broad SMARTS) is 1. The molecule has 1 saturated carbocycles. The highest BCUT2D eigenvalue weighted by Crippen LogP contribution is 2.44. The lowest BCUT2D eigenvalue weighted by molar-refractivity contribution is -0.136. The molecular weight excluding hydrogens is 384 g/mol. The fraction of sp³-hybridized carbons (Fsp3) is 0.348. The van der Waals surface area contributed by atoms with Gasteiger partial charge in [0.2, 0.25) is 5.91 Å². The first kappa shape index (κ1) is 19.9. The zero-order valence-electron chi connectivity index (χ0n) is 16.5.